The Kier molecular flexibility index (Phi) is 7.62. The van der Waals surface area contributed by atoms with E-state index in [0.29, 0.717) is 37.9 Å². The maximum absolute atomic E-state index is 9.68. The van der Waals surface area contributed by atoms with Crippen LogP contribution in [0.2, 0.25) is 0 Å². The summed E-state index contributed by atoms with van der Waals surface area (Å²) in [6, 6.07) is 28.3. The van der Waals surface area contributed by atoms with Crippen LogP contribution in [-0.4, -0.2) is 39.5 Å². The van der Waals surface area contributed by atoms with Crippen LogP contribution in [0.5, 0.6) is 23.0 Å². The van der Waals surface area contributed by atoms with Gasteiger partial charge in [-0.15, -0.1) is 0 Å². The molecule has 4 aromatic carbocycles. The summed E-state index contributed by atoms with van der Waals surface area (Å²) in [6.45, 7) is 2.45. The number of rotatable bonds is 8. The summed E-state index contributed by atoms with van der Waals surface area (Å²) < 4.78 is 26.8. The Balaban J connectivity index is 1.33. The van der Waals surface area contributed by atoms with Crippen molar-refractivity contribution in [1.29, 1.82) is 10.5 Å². The molecule has 8 nitrogen and oxygen atoms in total. The van der Waals surface area contributed by atoms with Crippen LogP contribution < -0.4 is 27.6 Å². The fourth-order valence-electron chi connectivity index (χ4n) is 4.58. The molecule has 6 rings (SSSR count). The van der Waals surface area contributed by atoms with Crippen LogP contribution in [0, 0.1) is 22.7 Å². The summed E-state index contributed by atoms with van der Waals surface area (Å²) >= 11 is 2.95. The van der Waals surface area contributed by atoms with Gasteiger partial charge < -0.3 is 18.9 Å². The fraction of sp³-hybridized carbons (Fsp3) is 0.200. The van der Waals surface area contributed by atoms with Crippen molar-refractivity contribution in [3.05, 3.63) is 72.8 Å². The molecule has 40 heavy (non-hydrogen) atoms. The predicted molar refractivity (Wildman–Crippen MR) is 156 cm³/mol. The third kappa shape index (κ3) is 5.37. The van der Waals surface area contributed by atoms with Gasteiger partial charge in [-0.05, 0) is 72.4 Å². The molecule has 0 bridgehead atoms. The Labute approximate surface area is 240 Å². The average Bonchev–Trinajstić information content (AvgIpc) is 3.00. The lowest BCUT2D eigenvalue weighted by Gasteiger charge is -2.27. The molecule has 0 aromatic heterocycles. The number of hydrogen-bond donors (Lipinski definition) is 0. The number of anilines is 2. The second kappa shape index (κ2) is 11.8. The summed E-state index contributed by atoms with van der Waals surface area (Å²) in [5.74, 6) is 2.86. The Morgan fingerprint density at radius 1 is 0.575 bits per heavy atom. The lowest BCUT2D eigenvalue weighted by molar-refractivity contribution is 0.171. The molecule has 0 N–H and O–H groups in total. The number of hydrogen-bond acceptors (Lipinski definition) is 10. The van der Waals surface area contributed by atoms with E-state index in [2.05, 4.69) is 12.1 Å². The van der Waals surface area contributed by atoms with E-state index in [-0.39, 0.29) is 13.1 Å². The van der Waals surface area contributed by atoms with Gasteiger partial charge in [0.2, 0.25) is 0 Å². The van der Waals surface area contributed by atoms with Crippen molar-refractivity contribution >= 4 is 46.0 Å². The van der Waals surface area contributed by atoms with Gasteiger partial charge >= 0.3 is 0 Å². The Bertz CT molecular complexity index is 1510. The highest BCUT2D eigenvalue weighted by Crippen LogP contribution is 2.43. The number of ether oxygens (including phenoxy) is 4. The molecule has 2 aliphatic rings. The summed E-state index contributed by atoms with van der Waals surface area (Å²) in [7, 11) is 0. The SMILES string of the molecule is N#CCN(Sc1ccc2c(c1)OCCO2)c1ccc(N(CC#N)Sc2ccc3c(c2)OCCO3)c2ccccc12. The first-order chi connectivity index (χ1) is 19.7. The summed E-state index contributed by atoms with van der Waals surface area (Å²) in [4.78, 5) is 1.88. The van der Waals surface area contributed by atoms with Gasteiger partial charge in [-0.25, -0.2) is 0 Å². The van der Waals surface area contributed by atoms with Gasteiger partial charge in [-0.2, -0.15) is 10.5 Å². The van der Waals surface area contributed by atoms with Crippen LogP contribution in [0.1, 0.15) is 0 Å². The number of nitriles is 2. The second-order valence-corrected chi connectivity index (χ2v) is 11.0. The van der Waals surface area contributed by atoms with Crippen molar-refractivity contribution in [2.24, 2.45) is 0 Å². The van der Waals surface area contributed by atoms with E-state index >= 15 is 0 Å². The highest BCUT2D eigenvalue weighted by molar-refractivity contribution is 8.01. The third-order valence-electron chi connectivity index (χ3n) is 6.30. The molecule has 0 amide bonds. The summed E-state index contributed by atoms with van der Waals surface area (Å²) in [6.07, 6.45) is 0. The smallest absolute Gasteiger partial charge is 0.162 e. The second-order valence-electron chi connectivity index (χ2n) is 8.83. The Morgan fingerprint density at radius 2 is 1.00 bits per heavy atom. The number of nitrogens with zero attached hydrogens (tertiary/aromatic N) is 4. The first-order valence-electron chi connectivity index (χ1n) is 12.7. The lowest BCUT2D eigenvalue weighted by Crippen LogP contribution is -2.18. The minimum atomic E-state index is 0.177. The van der Waals surface area contributed by atoms with E-state index < -0.39 is 0 Å². The molecular formula is C30H24N4O4S2. The van der Waals surface area contributed by atoms with Crippen molar-refractivity contribution in [2.45, 2.75) is 9.79 Å². The largest absolute Gasteiger partial charge is 0.486 e. The van der Waals surface area contributed by atoms with Crippen LogP contribution in [0.4, 0.5) is 11.4 Å². The molecule has 10 heteroatoms. The molecule has 200 valence electrons. The Hall–Kier alpha value is -4.38. The normalized spacial score (nSPS) is 13.2. The number of fused-ring (bicyclic) bond motifs is 3. The van der Waals surface area contributed by atoms with Crippen LogP contribution >= 0.6 is 23.9 Å². The Morgan fingerprint density at radius 3 is 1.43 bits per heavy atom. The van der Waals surface area contributed by atoms with Gasteiger partial charge in [0.05, 0.1) is 23.5 Å². The third-order valence-corrected chi connectivity index (χ3v) is 8.32. The maximum Gasteiger partial charge on any atom is 0.162 e. The molecule has 2 heterocycles. The van der Waals surface area contributed by atoms with Gasteiger partial charge in [0, 0.05) is 20.6 Å². The molecule has 2 aliphatic heterocycles. The zero-order valence-corrected chi connectivity index (χ0v) is 23.0. The van der Waals surface area contributed by atoms with E-state index in [0.717, 1.165) is 43.4 Å². The van der Waals surface area contributed by atoms with Gasteiger partial charge in [0.25, 0.3) is 0 Å². The van der Waals surface area contributed by atoms with Gasteiger partial charge in [0.1, 0.15) is 39.5 Å². The topological polar surface area (TPSA) is 91.0 Å². The minimum absolute atomic E-state index is 0.177. The number of benzene rings is 4. The maximum atomic E-state index is 9.68. The average molecular weight is 569 g/mol. The van der Waals surface area contributed by atoms with E-state index in [1.165, 1.54) is 23.9 Å². The van der Waals surface area contributed by atoms with Crippen LogP contribution in [0.15, 0.2) is 82.6 Å². The van der Waals surface area contributed by atoms with Crippen molar-refractivity contribution in [3.63, 3.8) is 0 Å². The van der Waals surface area contributed by atoms with Gasteiger partial charge in [-0.3, -0.25) is 8.61 Å². The predicted octanol–water partition coefficient (Wildman–Crippen LogP) is 6.46. The highest BCUT2D eigenvalue weighted by atomic mass is 32.2. The molecular weight excluding hydrogens is 544 g/mol. The quantitative estimate of drug-likeness (QED) is 0.174. The monoisotopic (exact) mass is 568 g/mol. The van der Waals surface area contributed by atoms with E-state index in [9.17, 15) is 10.5 Å². The van der Waals surface area contributed by atoms with Crippen molar-refractivity contribution in [2.75, 3.05) is 48.1 Å². The molecule has 0 saturated heterocycles. The molecule has 0 fully saturated rings. The molecule has 0 aliphatic carbocycles. The van der Waals surface area contributed by atoms with Gasteiger partial charge in [0.15, 0.2) is 23.0 Å². The lowest BCUT2D eigenvalue weighted by atomic mass is 10.1. The van der Waals surface area contributed by atoms with Crippen molar-refractivity contribution < 1.29 is 18.9 Å². The minimum Gasteiger partial charge on any atom is -0.486 e. The van der Waals surface area contributed by atoms with E-state index in [4.69, 9.17) is 18.9 Å². The van der Waals surface area contributed by atoms with E-state index in [1.807, 2.05) is 81.4 Å². The van der Waals surface area contributed by atoms with Crippen LogP contribution in [0.3, 0.4) is 0 Å². The van der Waals surface area contributed by atoms with E-state index in [1.54, 1.807) is 0 Å². The molecule has 0 spiro atoms. The summed E-state index contributed by atoms with van der Waals surface area (Å²) in [5.41, 5.74) is 1.81. The first kappa shape index (κ1) is 25.9. The summed E-state index contributed by atoms with van der Waals surface area (Å²) in [5, 5.41) is 21.3. The van der Waals surface area contributed by atoms with Crippen LogP contribution in [-0.2, 0) is 0 Å². The molecule has 0 unspecified atom stereocenters. The van der Waals surface area contributed by atoms with Gasteiger partial charge in [-0.1, -0.05) is 24.3 Å². The van der Waals surface area contributed by atoms with Crippen LogP contribution in [0.25, 0.3) is 10.8 Å². The molecule has 4 aromatic rings. The molecule has 0 atom stereocenters. The first-order valence-corrected chi connectivity index (χ1v) is 14.2. The highest BCUT2D eigenvalue weighted by Gasteiger charge is 2.20. The fourth-order valence-corrected chi connectivity index (χ4v) is 6.43. The molecule has 0 radical (unpaired) electrons. The molecule has 0 saturated carbocycles. The van der Waals surface area contributed by atoms with Crippen molar-refractivity contribution in [3.8, 4) is 35.1 Å². The zero-order valence-electron chi connectivity index (χ0n) is 21.4. The standard InChI is InChI=1S/C30H24N4O4S2/c31-11-13-33(39-21-5-9-27-29(19-21)37-17-15-35-27)25-7-8-26(24-4-2-1-3-23(24)25)34(14-12-32)40-22-6-10-28-30(20-22)38-18-16-36-28/h1-10,19-20H,13-18H2. The zero-order chi connectivity index (χ0) is 27.3. The van der Waals surface area contributed by atoms with Crippen molar-refractivity contribution in [1.82, 2.24) is 0 Å².